The van der Waals surface area contributed by atoms with Crippen LogP contribution in [-0.2, 0) is 12.7 Å². The highest BCUT2D eigenvalue weighted by atomic mass is 35.5. The van der Waals surface area contributed by atoms with Crippen LogP contribution in [0.5, 0.6) is 5.75 Å². The largest absolute Gasteiger partial charge is 0.563 e. The van der Waals surface area contributed by atoms with Gasteiger partial charge in [-0.05, 0) is 12.1 Å². The van der Waals surface area contributed by atoms with E-state index in [4.69, 9.17) is 23.7 Å². The molecule has 0 saturated heterocycles. The lowest BCUT2D eigenvalue weighted by Crippen LogP contribution is -1.93. The molecule has 1 aromatic carbocycles. The molecule has 1 rings (SSSR count). The Balaban J connectivity index is 2.83. The topological polar surface area (TPSA) is 87.9 Å². The highest BCUT2D eigenvalue weighted by Crippen LogP contribution is 2.51. The first-order valence-corrected chi connectivity index (χ1v) is 5.73. The van der Waals surface area contributed by atoms with Crippen LogP contribution in [-0.4, -0.2) is 4.92 Å². The van der Waals surface area contributed by atoms with Crippen molar-refractivity contribution in [1.29, 1.82) is 0 Å². The second-order valence-electron chi connectivity index (χ2n) is 2.43. The van der Waals surface area contributed by atoms with Gasteiger partial charge in [0.1, 0.15) is 5.75 Å². The Labute approximate surface area is 99.9 Å². The van der Waals surface area contributed by atoms with E-state index in [-0.39, 0.29) is 11.4 Å². The Bertz CT molecular complexity index is 416. The summed E-state index contributed by atoms with van der Waals surface area (Å²) in [5.74, 6) is -0.00441. The van der Waals surface area contributed by atoms with E-state index in [0.717, 1.165) is 12.1 Å². The predicted octanol–water partition coefficient (Wildman–Crippen LogP) is 3.42. The first-order valence-electron chi connectivity index (χ1n) is 3.65. The normalized spacial score (nSPS) is 11.1. The molecular weight excluding hydrogens is 284 g/mol. The molecule has 0 spiro atoms. The molecule has 0 unspecified atom stereocenters. The monoisotopic (exact) mass is 287 g/mol. The van der Waals surface area contributed by atoms with Crippen molar-refractivity contribution >= 4 is 37.2 Å². The third-order valence-electron chi connectivity index (χ3n) is 1.43. The number of nitro groups is 1. The van der Waals surface area contributed by atoms with Gasteiger partial charge in [0.25, 0.3) is 5.69 Å². The van der Waals surface area contributed by atoms with Crippen molar-refractivity contribution in [3.8, 4) is 5.75 Å². The molecule has 88 valence electrons. The van der Waals surface area contributed by atoms with Gasteiger partial charge in [-0.15, -0.1) is 0 Å². The minimum Gasteiger partial charge on any atom is -0.402 e. The summed E-state index contributed by atoms with van der Waals surface area (Å²) in [6, 6.07) is 4.66. The maximum absolute atomic E-state index is 11.3. The Hall–Kier alpha value is -0.850. The Morgan fingerprint density at radius 2 is 1.69 bits per heavy atom. The summed E-state index contributed by atoms with van der Waals surface area (Å²) < 4.78 is 23.7. The summed E-state index contributed by atoms with van der Waals surface area (Å²) in [5.41, 5.74) is -0.152. The molecule has 16 heavy (non-hydrogen) atoms. The van der Waals surface area contributed by atoms with E-state index >= 15 is 0 Å². The number of nitrogens with zero attached hydrogens (tertiary/aromatic N) is 1. The number of rotatable bonds is 5. The molecule has 0 aliphatic rings. The van der Waals surface area contributed by atoms with Gasteiger partial charge in [-0.25, -0.2) is 4.57 Å². The van der Waals surface area contributed by atoms with Gasteiger partial charge in [0.05, 0.1) is 28.7 Å². The van der Waals surface area contributed by atoms with E-state index in [9.17, 15) is 14.7 Å². The van der Waals surface area contributed by atoms with Gasteiger partial charge < -0.3 is 4.52 Å². The summed E-state index contributed by atoms with van der Waals surface area (Å²) in [4.78, 5) is 9.73. The standard InChI is InChI=1S/C6H4Cl2NO6P/c7-14-16(12,15-8)13-6-3-1-5(2-4-6)9(10)11/h1-4H. The van der Waals surface area contributed by atoms with E-state index in [1.54, 1.807) is 0 Å². The van der Waals surface area contributed by atoms with E-state index < -0.39 is 12.7 Å². The van der Waals surface area contributed by atoms with E-state index in [1.807, 2.05) is 0 Å². The minimum atomic E-state index is -4.08. The van der Waals surface area contributed by atoms with Crippen molar-refractivity contribution in [3.05, 3.63) is 34.4 Å². The molecule has 1 aromatic rings. The lowest BCUT2D eigenvalue weighted by atomic mass is 10.3. The summed E-state index contributed by atoms with van der Waals surface area (Å²) in [6.45, 7) is 0. The van der Waals surface area contributed by atoms with Gasteiger partial charge in [-0.1, -0.05) is 0 Å². The molecule has 0 heterocycles. The molecule has 10 heteroatoms. The van der Waals surface area contributed by atoms with Crippen LogP contribution in [0.2, 0.25) is 0 Å². The molecule has 0 bridgehead atoms. The van der Waals surface area contributed by atoms with Crippen LogP contribution in [0.1, 0.15) is 0 Å². The van der Waals surface area contributed by atoms with Crippen molar-refractivity contribution in [1.82, 2.24) is 0 Å². The molecule has 0 saturated carbocycles. The Morgan fingerprint density at radius 3 is 2.06 bits per heavy atom. The van der Waals surface area contributed by atoms with Gasteiger partial charge in [-0.3, -0.25) is 10.1 Å². The lowest BCUT2D eigenvalue weighted by molar-refractivity contribution is -0.384. The zero-order chi connectivity index (χ0) is 12.2. The Morgan fingerprint density at radius 1 is 1.19 bits per heavy atom. The number of halogens is 2. The van der Waals surface area contributed by atoms with Crippen LogP contribution in [0.25, 0.3) is 0 Å². The second kappa shape index (κ2) is 5.47. The zero-order valence-electron chi connectivity index (χ0n) is 7.41. The highest BCUT2D eigenvalue weighted by molar-refractivity contribution is 7.50. The van der Waals surface area contributed by atoms with E-state index in [2.05, 4.69) is 12.7 Å². The van der Waals surface area contributed by atoms with Crippen molar-refractivity contribution in [2.75, 3.05) is 0 Å². The molecule has 0 amide bonds. The van der Waals surface area contributed by atoms with Crippen molar-refractivity contribution in [2.24, 2.45) is 0 Å². The summed E-state index contributed by atoms with van der Waals surface area (Å²) >= 11 is 9.67. The van der Waals surface area contributed by atoms with Gasteiger partial charge in [-0.2, -0.15) is 8.15 Å². The van der Waals surface area contributed by atoms with Gasteiger partial charge in [0.15, 0.2) is 0 Å². The maximum atomic E-state index is 11.3. The van der Waals surface area contributed by atoms with Crippen molar-refractivity contribution in [2.45, 2.75) is 0 Å². The van der Waals surface area contributed by atoms with Crippen LogP contribution >= 0.6 is 31.6 Å². The van der Waals surface area contributed by atoms with Crippen LogP contribution in [0.4, 0.5) is 5.69 Å². The smallest absolute Gasteiger partial charge is 0.402 e. The third-order valence-corrected chi connectivity index (χ3v) is 3.22. The SMILES string of the molecule is O=[N+]([O-])c1ccc(OP(=O)(OCl)OCl)cc1. The molecule has 7 nitrogen and oxygen atoms in total. The molecule has 0 radical (unpaired) electrons. The summed E-state index contributed by atoms with van der Waals surface area (Å²) in [6.07, 6.45) is 0. The van der Waals surface area contributed by atoms with Crippen molar-refractivity contribution < 1.29 is 22.2 Å². The minimum absolute atomic E-state index is 0.00441. The molecule has 0 atom stereocenters. The van der Waals surface area contributed by atoms with E-state index in [0.29, 0.717) is 0 Å². The fraction of sp³-hybridized carbons (Fsp3) is 0. The fourth-order valence-electron chi connectivity index (χ4n) is 0.797. The van der Waals surface area contributed by atoms with Gasteiger partial charge in [0, 0.05) is 12.1 Å². The first-order chi connectivity index (χ1) is 7.50. The molecule has 0 aliphatic carbocycles. The number of nitro benzene ring substituents is 1. The summed E-state index contributed by atoms with van der Waals surface area (Å²) in [5, 5.41) is 10.3. The zero-order valence-corrected chi connectivity index (χ0v) is 9.82. The molecule has 0 N–H and O–H groups in total. The molecule has 0 aromatic heterocycles. The third kappa shape index (κ3) is 3.33. The number of hydrogen-bond acceptors (Lipinski definition) is 6. The number of benzene rings is 1. The molecule has 0 aliphatic heterocycles. The number of phosphoric acid groups is 1. The molecule has 0 fully saturated rings. The highest BCUT2D eigenvalue weighted by Gasteiger charge is 2.28. The van der Waals surface area contributed by atoms with Crippen molar-refractivity contribution in [3.63, 3.8) is 0 Å². The van der Waals surface area contributed by atoms with Crippen LogP contribution in [0.15, 0.2) is 24.3 Å². The lowest BCUT2D eigenvalue weighted by Gasteiger charge is -2.09. The van der Waals surface area contributed by atoms with Crippen LogP contribution in [0, 0.1) is 10.1 Å². The van der Waals surface area contributed by atoms with Crippen LogP contribution in [0.3, 0.4) is 0 Å². The fourth-order valence-corrected chi connectivity index (χ4v) is 1.68. The quantitative estimate of drug-likeness (QED) is 0.468. The first kappa shape index (κ1) is 13.2. The second-order valence-corrected chi connectivity index (χ2v) is 4.61. The predicted molar refractivity (Wildman–Crippen MR) is 55.2 cm³/mol. The number of hydrogen-bond donors (Lipinski definition) is 0. The van der Waals surface area contributed by atoms with Gasteiger partial charge >= 0.3 is 7.82 Å². The van der Waals surface area contributed by atoms with Crippen LogP contribution < -0.4 is 4.52 Å². The molecular formula is C6H4Cl2NO6P. The average molecular weight is 288 g/mol. The Kier molecular flexibility index (Phi) is 4.52. The average Bonchev–Trinajstić information content (AvgIpc) is 2.29. The number of non-ortho nitro benzene ring substituents is 1. The van der Waals surface area contributed by atoms with Gasteiger partial charge in [0.2, 0.25) is 0 Å². The van der Waals surface area contributed by atoms with E-state index in [1.165, 1.54) is 12.1 Å². The maximum Gasteiger partial charge on any atom is 0.563 e. The summed E-state index contributed by atoms with van der Waals surface area (Å²) in [7, 11) is -4.08.